The monoisotopic (exact) mass is 111 g/mol. The molecule has 1 aliphatic carbocycles. The molecule has 8 heavy (non-hydrogen) atoms. The van der Waals surface area contributed by atoms with Gasteiger partial charge in [0.05, 0.1) is 0 Å². The van der Waals surface area contributed by atoms with Gasteiger partial charge in [0.25, 0.3) is 0 Å². The lowest BCUT2D eigenvalue weighted by Crippen LogP contribution is -2.16. The summed E-state index contributed by atoms with van der Waals surface area (Å²) in [6.07, 6.45) is 4.42. The molecule has 46 valence electrons. The number of nitrogens with one attached hydrogen (secondary N) is 1. The van der Waals surface area contributed by atoms with Crippen molar-refractivity contribution in [3.8, 4) is 0 Å². The summed E-state index contributed by atoms with van der Waals surface area (Å²) in [5, 5.41) is 3.47. The maximum absolute atomic E-state index is 3.47. The highest BCUT2D eigenvalue weighted by Gasteiger charge is 2.46. The fraction of sp³-hybridized carbons (Fsp3) is 1.00. The number of rotatable bonds is 0. The molecular weight excluding hydrogens is 98.1 g/mol. The van der Waals surface area contributed by atoms with E-state index in [1.54, 1.807) is 0 Å². The van der Waals surface area contributed by atoms with E-state index in [1.165, 1.54) is 25.8 Å². The quantitative estimate of drug-likeness (QED) is 0.494. The normalized spacial score (nSPS) is 40.9. The molecule has 0 amide bonds. The third-order valence-electron chi connectivity index (χ3n) is 2.52. The fourth-order valence-corrected chi connectivity index (χ4v) is 1.74. The Morgan fingerprint density at radius 3 is 2.50 bits per heavy atom. The van der Waals surface area contributed by atoms with Crippen LogP contribution in [-0.4, -0.2) is 12.6 Å². The van der Waals surface area contributed by atoms with E-state index in [2.05, 4.69) is 12.2 Å². The zero-order valence-corrected chi connectivity index (χ0v) is 5.41. The molecule has 1 unspecified atom stereocenters. The highest BCUT2D eigenvalue weighted by Crippen LogP contribution is 2.51. The lowest BCUT2D eigenvalue weighted by atomic mass is 10.0. The maximum atomic E-state index is 3.47. The Bertz CT molecular complexity index is 105. The van der Waals surface area contributed by atoms with Gasteiger partial charge < -0.3 is 5.32 Å². The molecule has 1 N–H and O–H groups in total. The minimum Gasteiger partial charge on any atom is -0.314 e. The van der Waals surface area contributed by atoms with Crippen molar-refractivity contribution in [1.82, 2.24) is 5.32 Å². The van der Waals surface area contributed by atoms with Gasteiger partial charge in [-0.2, -0.15) is 0 Å². The molecule has 2 aliphatic rings. The Labute approximate surface area is 50.5 Å². The van der Waals surface area contributed by atoms with Crippen LogP contribution in [0.3, 0.4) is 0 Å². The summed E-state index contributed by atoms with van der Waals surface area (Å²) < 4.78 is 0. The van der Waals surface area contributed by atoms with Crippen LogP contribution >= 0.6 is 0 Å². The van der Waals surface area contributed by atoms with Gasteiger partial charge in [-0.05, 0) is 31.6 Å². The van der Waals surface area contributed by atoms with E-state index in [0.717, 1.165) is 11.5 Å². The second-order valence-electron chi connectivity index (χ2n) is 3.49. The predicted molar refractivity (Wildman–Crippen MR) is 33.7 cm³/mol. The van der Waals surface area contributed by atoms with Crippen LogP contribution in [-0.2, 0) is 0 Å². The van der Waals surface area contributed by atoms with Gasteiger partial charge in [-0.15, -0.1) is 0 Å². The van der Waals surface area contributed by atoms with Crippen LogP contribution in [0.25, 0.3) is 0 Å². The Morgan fingerprint density at radius 1 is 1.50 bits per heavy atom. The maximum Gasteiger partial charge on any atom is 0.00447 e. The predicted octanol–water partition coefficient (Wildman–Crippen LogP) is 1.15. The van der Waals surface area contributed by atoms with Crippen LogP contribution in [0.5, 0.6) is 0 Å². The van der Waals surface area contributed by atoms with Crippen LogP contribution in [0.1, 0.15) is 26.2 Å². The van der Waals surface area contributed by atoms with Gasteiger partial charge in [-0.3, -0.25) is 0 Å². The first-order valence-electron chi connectivity index (χ1n) is 3.54. The van der Waals surface area contributed by atoms with Crippen LogP contribution in [0.4, 0.5) is 0 Å². The molecule has 2 fully saturated rings. The summed E-state index contributed by atoms with van der Waals surface area (Å²) >= 11 is 0. The summed E-state index contributed by atoms with van der Waals surface area (Å²) in [6, 6.07) is 0.803. The molecule has 1 aliphatic heterocycles. The van der Waals surface area contributed by atoms with E-state index < -0.39 is 0 Å². The zero-order chi connectivity index (χ0) is 5.61. The van der Waals surface area contributed by atoms with Crippen molar-refractivity contribution in [1.29, 1.82) is 0 Å². The molecule has 0 aromatic rings. The first kappa shape index (κ1) is 4.80. The molecule has 1 heteroatoms. The molecule has 0 bridgehead atoms. The summed E-state index contributed by atoms with van der Waals surface area (Å²) in [7, 11) is 0. The van der Waals surface area contributed by atoms with Gasteiger partial charge >= 0.3 is 0 Å². The van der Waals surface area contributed by atoms with Gasteiger partial charge in [0.15, 0.2) is 0 Å². The van der Waals surface area contributed by atoms with Crippen molar-refractivity contribution in [2.75, 3.05) is 6.54 Å². The van der Waals surface area contributed by atoms with E-state index in [4.69, 9.17) is 0 Å². The number of hydrogen-bond donors (Lipinski definition) is 1. The first-order valence-corrected chi connectivity index (χ1v) is 3.54. The molecule has 1 heterocycles. The van der Waals surface area contributed by atoms with Gasteiger partial charge in [-0.25, -0.2) is 0 Å². The average molecular weight is 111 g/mol. The topological polar surface area (TPSA) is 12.0 Å². The second-order valence-corrected chi connectivity index (χ2v) is 3.49. The Morgan fingerprint density at radius 2 is 2.25 bits per heavy atom. The molecule has 1 spiro atoms. The summed E-state index contributed by atoms with van der Waals surface area (Å²) in [4.78, 5) is 0. The van der Waals surface area contributed by atoms with Crippen molar-refractivity contribution in [3.05, 3.63) is 0 Å². The summed E-state index contributed by atoms with van der Waals surface area (Å²) in [6.45, 7) is 3.58. The van der Waals surface area contributed by atoms with Crippen LogP contribution < -0.4 is 5.32 Å². The van der Waals surface area contributed by atoms with E-state index in [0.29, 0.717) is 0 Å². The molecule has 0 aromatic heterocycles. The Hall–Kier alpha value is -0.0400. The third-order valence-corrected chi connectivity index (χ3v) is 2.52. The van der Waals surface area contributed by atoms with E-state index in [9.17, 15) is 0 Å². The third kappa shape index (κ3) is 0.576. The summed E-state index contributed by atoms with van der Waals surface area (Å²) in [5.41, 5.74) is 0.805. The zero-order valence-electron chi connectivity index (χ0n) is 5.41. The first-order chi connectivity index (χ1) is 3.81. The largest absolute Gasteiger partial charge is 0.314 e. The van der Waals surface area contributed by atoms with Crippen LogP contribution in [0.15, 0.2) is 0 Å². The van der Waals surface area contributed by atoms with E-state index >= 15 is 0 Å². The minimum absolute atomic E-state index is 0.803. The molecule has 1 nitrogen and oxygen atoms in total. The molecule has 1 saturated heterocycles. The number of hydrogen-bond acceptors (Lipinski definition) is 1. The summed E-state index contributed by atoms with van der Waals surface area (Å²) in [5.74, 6) is 0. The SMILES string of the molecule is CC1CC2(CC2)CN1. The van der Waals surface area contributed by atoms with Gasteiger partial charge in [0, 0.05) is 12.6 Å². The molecule has 2 rings (SSSR count). The average Bonchev–Trinajstić information content (AvgIpc) is 2.34. The van der Waals surface area contributed by atoms with Crippen LogP contribution in [0.2, 0.25) is 0 Å². The highest BCUT2D eigenvalue weighted by molar-refractivity contribution is 5.01. The van der Waals surface area contributed by atoms with Crippen molar-refractivity contribution in [2.45, 2.75) is 32.2 Å². The molecule has 0 aromatic carbocycles. The van der Waals surface area contributed by atoms with E-state index in [1.807, 2.05) is 0 Å². The molecule has 0 radical (unpaired) electrons. The molecule has 1 atom stereocenters. The lowest BCUT2D eigenvalue weighted by molar-refractivity contribution is 0.557. The fourth-order valence-electron chi connectivity index (χ4n) is 1.74. The standard InChI is InChI=1S/C7H13N/c1-6-4-7(2-3-7)5-8-6/h6,8H,2-5H2,1H3. The van der Waals surface area contributed by atoms with Crippen molar-refractivity contribution in [2.24, 2.45) is 5.41 Å². The Kier molecular flexibility index (Phi) is 0.762. The smallest absolute Gasteiger partial charge is 0.00447 e. The van der Waals surface area contributed by atoms with Crippen molar-refractivity contribution < 1.29 is 0 Å². The Balaban J connectivity index is 2.03. The minimum atomic E-state index is 0.803. The van der Waals surface area contributed by atoms with Crippen molar-refractivity contribution >= 4 is 0 Å². The lowest BCUT2D eigenvalue weighted by Gasteiger charge is -1.99. The van der Waals surface area contributed by atoms with Gasteiger partial charge in [-0.1, -0.05) is 0 Å². The van der Waals surface area contributed by atoms with Gasteiger partial charge in [0.1, 0.15) is 0 Å². The van der Waals surface area contributed by atoms with E-state index in [-0.39, 0.29) is 0 Å². The van der Waals surface area contributed by atoms with Crippen LogP contribution in [0, 0.1) is 5.41 Å². The van der Waals surface area contributed by atoms with Crippen molar-refractivity contribution in [3.63, 3.8) is 0 Å². The second kappa shape index (κ2) is 1.27. The highest BCUT2D eigenvalue weighted by atomic mass is 15.0. The molecular formula is C7H13N. The molecule has 1 saturated carbocycles. The van der Waals surface area contributed by atoms with Gasteiger partial charge in [0.2, 0.25) is 0 Å².